The second kappa shape index (κ2) is 3.45. The molecule has 0 radical (unpaired) electrons. The van der Waals surface area contributed by atoms with Crippen LogP contribution in [0.3, 0.4) is 0 Å². The molecule has 5 heteroatoms. The number of carbonyl (C=O) groups is 2. The summed E-state index contributed by atoms with van der Waals surface area (Å²) in [5.74, 6) is -0.918. The van der Waals surface area contributed by atoms with Crippen molar-refractivity contribution in [2.24, 2.45) is 0 Å². The van der Waals surface area contributed by atoms with E-state index < -0.39 is 12.1 Å². The predicted molar refractivity (Wildman–Crippen MR) is 34.4 cm³/mol. The fraction of sp³-hybridized carbons (Fsp3) is 0.667. The van der Waals surface area contributed by atoms with Crippen molar-refractivity contribution in [3.8, 4) is 0 Å². The van der Waals surface area contributed by atoms with Crippen molar-refractivity contribution in [2.75, 3.05) is 13.1 Å². The van der Waals surface area contributed by atoms with Gasteiger partial charge in [0.1, 0.15) is 0 Å². The van der Waals surface area contributed by atoms with Gasteiger partial charge < -0.3 is 9.94 Å². The molecular formula is C6H9NO4. The van der Waals surface area contributed by atoms with Crippen molar-refractivity contribution in [1.29, 1.82) is 0 Å². The molecule has 1 saturated heterocycles. The van der Waals surface area contributed by atoms with Gasteiger partial charge in [-0.2, -0.15) is 0 Å². The highest BCUT2D eigenvalue weighted by atomic mass is 16.7. The Morgan fingerprint density at radius 3 is 2.91 bits per heavy atom. The van der Waals surface area contributed by atoms with Gasteiger partial charge in [0.05, 0.1) is 12.6 Å². The van der Waals surface area contributed by atoms with Gasteiger partial charge in [0.15, 0.2) is 0 Å². The molecule has 5 nitrogen and oxygen atoms in total. The van der Waals surface area contributed by atoms with Crippen LogP contribution < -0.4 is 0 Å². The molecule has 1 unspecified atom stereocenters. The molecule has 1 aliphatic rings. The molecule has 0 bridgehead atoms. The number of β-amino-alcohol motifs (C(OH)–C–C–N with tert-alkyl or cyclic N) is 1. The zero-order valence-electron chi connectivity index (χ0n) is 5.90. The molecule has 1 aliphatic heterocycles. The summed E-state index contributed by atoms with van der Waals surface area (Å²) in [6.45, 7) is 0.778. The Labute approximate surface area is 63.5 Å². The lowest BCUT2D eigenvalue weighted by Gasteiger charge is -2.11. The molecule has 11 heavy (non-hydrogen) atoms. The van der Waals surface area contributed by atoms with E-state index in [2.05, 4.69) is 4.84 Å². The quantitative estimate of drug-likeness (QED) is 0.401. The van der Waals surface area contributed by atoms with Gasteiger partial charge >= 0.3 is 5.97 Å². The SMILES string of the molecule is O=CC(=O)ON1CCC(O)C1. The summed E-state index contributed by atoms with van der Waals surface area (Å²) in [7, 11) is 0. The molecule has 62 valence electrons. The summed E-state index contributed by atoms with van der Waals surface area (Å²) >= 11 is 0. The summed E-state index contributed by atoms with van der Waals surface area (Å²) in [5, 5.41) is 10.2. The van der Waals surface area contributed by atoms with E-state index >= 15 is 0 Å². The van der Waals surface area contributed by atoms with Crippen LogP contribution in [-0.4, -0.2) is 41.6 Å². The van der Waals surface area contributed by atoms with Crippen LogP contribution in [0, 0.1) is 0 Å². The maximum atomic E-state index is 10.4. The van der Waals surface area contributed by atoms with Crippen LogP contribution in [0.4, 0.5) is 0 Å². The molecule has 0 aromatic heterocycles. The molecule has 0 aliphatic carbocycles. The maximum Gasteiger partial charge on any atom is 0.390 e. The second-order valence-electron chi connectivity index (χ2n) is 2.36. The number of carbonyl (C=O) groups excluding carboxylic acids is 2. The zero-order chi connectivity index (χ0) is 8.27. The minimum absolute atomic E-state index is 0.102. The Hall–Kier alpha value is -0.940. The fourth-order valence-corrected chi connectivity index (χ4v) is 0.942. The smallest absolute Gasteiger partial charge is 0.390 e. The third kappa shape index (κ3) is 2.28. The second-order valence-corrected chi connectivity index (χ2v) is 2.36. The Morgan fingerprint density at radius 1 is 1.73 bits per heavy atom. The molecular weight excluding hydrogens is 150 g/mol. The standard InChI is InChI=1S/C6H9NO4/c8-4-6(10)11-7-2-1-5(9)3-7/h4-5,9H,1-3H2. The molecule has 0 spiro atoms. The molecule has 0 aromatic rings. The maximum absolute atomic E-state index is 10.4. The molecule has 1 rings (SSSR count). The van der Waals surface area contributed by atoms with Crippen LogP contribution in [-0.2, 0) is 14.4 Å². The minimum Gasteiger partial charge on any atom is -0.392 e. The van der Waals surface area contributed by atoms with Crippen LogP contribution >= 0.6 is 0 Å². The van der Waals surface area contributed by atoms with Crippen molar-refractivity contribution >= 4 is 12.3 Å². The molecule has 1 N–H and O–H groups in total. The van der Waals surface area contributed by atoms with E-state index in [1.807, 2.05) is 0 Å². The van der Waals surface area contributed by atoms with Crippen molar-refractivity contribution in [3.63, 3.8) is 0 Å². The number of hydrogen-bond donors (Lipinski definition) is 1. The van der Waals surface area contributed by atoms with Crippen LogP contribution in [0.2, 0.25) is 0 Å². The van der Waals surface area contributed by atoms with Gasteiger partial charge in [-0.25, -0.2) is 4.79 Å². The molecule has 0 saturated carbocycles. The third-order valence-electron chi connectivity index (χ3n) is 1.44. The number of aliphatic hydroxyl groups excluding tert-OH is 1. The first-order chi connectivity index (χ1) is 5.22. The van der Waals surface area contributed by atoms with Crippen molar-refractivity contribution in [2.45, 2.75) is 12.5 Å². The Balaban J connectivity index is 2.28. The lowest BCUT2D eigenvalue weighted by molar-refractivity contribution is -0.185. The van der Waals surface area contributed by atoms with Gasteiger partial charge in [-0.3, -0.25) is 4.79 Å². The summed E-state index contributed by atoms with van der Waals surface area (Å²) in [6.07, 6.45) is 0.228. The lowest BCUT2D eigenvalue weighted by Crippen LogP contribution is -2.26. The molecule has 1 atom stereocenters. The van der Waals surface area contributed by atoms with E-state index in [9.17, 15) is 9.59 Å². The lowest BCUT2D eigenvalue weighted by atomic mass is 10.3. The summed E-state index contributed by atoms with van der Waals surface area (Å²) in [4.78, 5) is 24.7. The number of aliphatic hydroxyl groups is 1. The first-order valence-corrected chi connectivity index (χ1v) is 3.32. The minimum atomic E-state index is -0.918. The largest absolute Gasteiger partial charge is 0.392 e. The Morgan fingerprint density at radius 2 is 2.45 bits per heavy atom. The van der Waals surface area contributed by atoms with E-state index in [1.165, 1.54) is 5.06 Å². The summed E-state index contributed by atoms with van der Waals surface area (Å²) in [5.41, 5.74) is 0. The molecule has 1 heterocycles. The van der Waals surface area contributed by atoms with Crippen molar-refractivity contribution in [1.82, 2.24) is 5.06 Å². The molecule has 0 amide bonds. The average Bonchev–Trinajstić information content (AvgIpc) is 2.35. The van der Waals surface area contributed by atoms with Crippen molar-refractivity contribution < 1.29 is 19.5 Å². The summed E-state index contributed by atoms with van der Waals surface area (Å²) < 4.78 is 0. The zero-order valence-corrected chi connectivity index (χ0v) is 5.90. The molecule has 0 aromatic carbocycles. The highest BCUT2D eigenvalue weighted by molar-refractivity contribution is 6.20. The number of rotatable bonds is 2. The average molecular weight is 159 g/mol. The van der Waals surface area contributed by atoms with E-state index in [0.29, 0.717) is 19.5 Å². The normalized spacial score (nSPS) is 25.0. The van der Waals surface area contributed by atoms with Gasteiger partial charge in [-0.1, -0.05) is 0 Å². The van der Waals surface area contributed by atoms with Gasteiger partial charge in [0.25, 0.3) is 0 Å². The van der Waals surface area contributed by atoms with Gasteiger partial charge in [0.2, 0.25) is 6.29 Å². The first-order valence-electron chi connectivity index (χ1n) is 3.32. The van der Waals surface area contributed by atoms with Crippen LogP contribution in [0.15, 0.2) is 0 Å². The van der Waals surface area contributed by atoms with Gasteiger partial charge in [-0.05, 0) is 6.42 Å². The van der Waals surface area contributed by atoms with E-state index in [4.69, 9.17) is 5.11 Å². The molecule has 1 fully saturated rings. The van der Waals surface area contributed by atoms with Crippen LogP contribution in [0.25, 0.3) is 0 Å². The number of hydroxylamine groups is 2. The van der Waals surface area contributed by atoms with Crippen LogP contribution in [0.5, 0.6) is 0 Å². The Bertz CT molecular complexity index is 170. The van der Waals surface area contributed by atoms with Crippen LogP contribution in [0.1, 0.15) is 6.42 Å². The summed E-state index contributed by atoms with van der Waals surface area (Å²) in [6, 6.07) is 0. The fourth-order valence-electron chi connectivity index (χ4n) is 0.942. The van der Waals surface area contributed by atoms with Crippen molar-refractivity contribution in [3.05, 3.63) is 0 Å². The highest BCUT2D eigenvalue weighted by Gasteiger charge is 2.22. The number of aldehydes is 1. The predicted octanol–water partition coefficient (Wildman–Crippen LogP) is -1.29. The topological polar surface area (TPSA) is 66.8 Å². The highest BCUT2D eigenvalue weighted by Crippen LogP contribution is 2.08. The van der Waals surface area contributed by atoms with E-state index in [-0.39, 0.29) is 6.29 Å². The monoisotopic (exact) mass is 159 g/mol. The van der Waals surface area contributed by atoms with Gasteiger partial charge in [0, 0.05) is 6.54 Å². The van der Waals surface area contributed by atoms with Gasteiger partial charge in [-0.15, -0.1) is 5.06 Å². The van der Waals surface area contributed by atoms with E-state index in [0.717, 1.165) is 0 Å². The number of nitrogens with zero attached hydrogens (tertiary/aromatic N) is 1. The van der Waals surface area contributed by atoms with E-state index in [1.54, 1.807) is 0 Å². The third-order valence-corrected chi connectivity index (χ3v) is 1.44. The number of hydrogen-bond acceptors (Lipinski definition) is 5. The first kappa shape index (κ1) is 8.16. The Kier molecular flexibility index (Phi) is 2.56.